The second-order valence-electron chi connectivity index (χ2n) is 5.16. The van der Waals surface area contributed by atoms with Crippen LogP contribution >= 0.6 is 0 Å². The molecule has 0 aliphatic carbocycles. The number of nitrogens with two attached hydrogens (primary N) is 1. The standard InChI is InChI=1S/C15H20N2O2/c1-11-12(9-17-4-6-18-7-5-17)10-19-15-8-13(16)2-3-14(11)15/h2-3,8H,4-7,9-10,16H2,1H3. The first-order valence-corrected chi connectivity index (χ1v) is 6.75. The van der Waals surface area contributed by atoms with Crippen LogP contribution in [0.5, 0.6) is 5.75 Å². The molecule has 0 saturated carbocycles. The summed E-state index contributed by atoms with van der Waals surface area (Å²) in [5.41, 5.74) is 10.4. The van der Waals surface area contributed by atoms with Crippen LogP contribution in [0.15, 0.2) is 23.8 Å². The van der Waals surface area contributed by atoms with Crippen LogP contribution in [0.3, 0.4) is 0 Å². The van der Waals surface area contributed by atoms with E-state index in [-0.39, 0.29) is 0 Å². The van der Waals surface area contributed by atoms with Gasteiger partial charge >= 0.3 is 0 Å². The molecule has 4 heteroatoms. The molecule has 0 bridgehead atoms. The van der Waals surface area contributed by atoms with Crippen LogP contribution < -0.4 is 10.5 Å². The van der Waals surface area contributed by atoms with E-state index >= 15 is 0 Å². The van der Waals surface area contributed by atoms with Crippen LogP contribution in [0.2, 0.25) is 0 Å². The Labute approximate surface area is 113 Å². The van der Waals surface area contributed by atoms with Gasteiger partial charge in [0.1, 0.15) is 12.4 Å². The molecule has 3 rings (SSSR count). The van der Waals surface area contributed by atoms with Gasteiger partial charge in [0, 0.05) is 37.0 Å². The summed E-state index contributed by atoms with van der Waals surface area (Å²) in [4.78, 5) is 2.42. The normalized spacial score (nSPS) is 20.1. The highest BCUT2D eigenvalue weighted by molar-refractivity contribution is 5.75. The lowest BCUT2D eigenvalue weighted by Gasteiger charge is -2.30. The number of ether oxygens (including phenoxy) is 2. The first kappa shape index (κ1) is 12.5. The zero-order chi connectivity index (χ0) is 13.2. The van der Waals surface area contributed by atoms with Crippen LogP contribution in [0.1, 0.15) is 12.5 Å². The lowest BCUT2D eigenvalue weighted by Crippen LogP contribution is -2.38. The third kappa shape index (κ3) is 2.60. The van der Waals surface area contributed by atoms with Gasteiger partial charge < -0.3 is 15.2 Å². The van der Waals surface area contributed by atoms with Crippen LogP contribution in [0.25, 0.3) is 5.57 Å². The van der Waals surface area contributed by atoms with Gasteiger partial charge in [0.05, 0.1) is 13.2 Å². The Kier molecular flexibility index (Phi) is 3.44. The molecule has 2 aliphatic heterocycles. The van der Waals surface area contributed by atoms with E-state index in [2.05, 4.69) is 17.9 Å². The molecule has 0 unspecified atom stereocenters. The van der Waals surface area contributed by atoms with Crippen LogP contribution in [0, 0.1) is 0 Å². The molecule has 0 aromatic heterocycles. The van der Waals surface area contributed by atoms with E-state index in [1.54, 1.807) is 0 Å². The summed E-state index contributed by atoms with van der Waals surface area (Å²) < 4.78 is 11.2. The van der Waals surface area contributed by atoms with E-state index in [1.807, 2.05) is 12.1 Å². The van der Waals surface area contributed by atoms with Gasteiger partial charge in [-0.05, 0) is 30.2 Å². The summed E-state index contributed by atoms with van der Waals surface area (Å²) in [6.07, 6.45) is 0. The van der Waals surface area contributed by atoms with E-state index in [9.17, 15) is 0 Å². The minimum Gasteiger partial charge on any atom is -0.488 e. The molecule has 2 heterocycles. The van der Waals surface area contributed by atoms with E-state index in [0.717, 1.165) is 44.3 Å². The predicted molar refractivity (Wildman–Crippen MR) is 76.2 cm³/mol. The van der Waals surface area contributed by atoms with Gasteiger partial charge in [-0.1, -0.05) is 0 Å². The number of anilines is 1. The van der Waals surface area contributed by atoms with E-state index < -0.39 is 0 Å². The molecule has 102 valence electrons. The van der Waals surface area contributed by atoms with Crippen LogP contribution in [0.4, 0.5) is 5.69 Å². The molecule has 0 spiro atoms. The number of fused-ring (bicyclic) bond motifs is 1. The number of nitrogen functional groups attached to an aromatic ring is 1. The van der Waals surface area contributed by atoms with Crippen molar-refractivity contribution in [2.24, 2.45) is 0 Å². The van der Waals surface area contributed by atoms with Gasteiger partial charge in [-0.15, -0.1) is 0 Å². The Morgan fingerprint density at radius 2 is 2.05 bits per heavy atom. The van der Waals surface area contributed by atoms with Gasteiger partial charge in [-0.3, -0.25) is 4.90 Å². The molecule has 2 aliphatic rings. The maximum atomic E-state index is 5.83. The summed E-state index contributed by atoms with van der Waals surface area (Å²) >= 11 is 0. The van der Waals surface area contributed by atoms with Crippen molar-refractivity contribution < 1.29 is 9.47 Å². The number of hydrogen-bond donors (Lipinski definition) is 1. The lowest BCUT2D eigenvalue weighted by molar-refractivity contribution is 0.0413. The predicted octanol–water partition coefficient (Wildman–Crippen LogP) is 1.77. The second-order valence-corrected chi connectivity index (χ2v) is 5.16. The van der Waals surface area contributed by atoms with Crippen molar-refractivity contribution in [1.82, 2.24) is 4.90 Å². The van der Waals surface area contributed by atoms with Crippen LogP contribution in [-0.2, 0) is 4.74 Å². The Bertz CT molecular complexity index is 505. The highest BCUT2D eigenvalue weighted by Gasteiger charge is 2.20. The number of nitrogens with zero attached hydrogens (tertiary/aromatic N) is 1. The van der Waals surface area contributed by atoms with E-state index in [4.69, 9.17) is 15.2 Å². The van der Waals surface area contributed by atoms with Gasteiger partial charge in [-0.25, -0.2) is 0 Å². The quantitative estimate of drug-likeness (QED) is 0.823. The van der Waals surface area contributed by atoms with Gasteiger partial charge in [0.15, 0.2) is 0 Å². The molecule has 19 heavy (non-hydrogen) atoms. The second kappa shape index (κ2) is 5.23. The maximum Gasteiger partial charge on any atom is 0.129 e. The number of morpholine rings is 1. The summed E-state index contributed by atoms with van der Waals surface area (Å²) in [7, 11) is 0. The third-order valence-electron chi connectivity index (χ3n) is 3.86. The van der Waals surface area contributed by atoms with Crippen molar-refractivity contribution in [1.29, 1.82) is 0 Å². The monoisotopic (exact) mass is 260 g/mol. The van der Waals surface area contributed by atoms with Crippen LogP contribution in [-0.4, -0.2) is 44.4 Å². The summed E-state index contributed by atoms with van der Waals surface area (Å²) in [6, 6.07) is 5.90. The molecular formula is C15H20N2O2. The number of hydrogen-bond acceptors (Lipinski definition) is 4. The fourth-order valence-electron chi connectivity index (χ4n) is 2.63. The average molecular weight is 260 g/mol. The molecule has 2 N–H and O–H groups in total. The molecule has 0 amide bonds. The molecule has 1 fully saturated rings. The topological polar surface area (TPSA) is 47.7 Å². The molecule has 0 radical (unpaired) electrons. The Hall–Kier alpha value is -1.52. The van der Waals surface area contributed by atoms with Crippen molar-refractivity contribution in [3.63, 3.8) is 0 Å². The highest BCUT2D eigenvalue weighted by Crippen LogP contribution is 2.34. The van der Waals surface area contributed by atoms with Crippen molar-refractivity contribution >= 4 is 11.3 Å². The Morgan fingerprint density at radius 3 is 2.84 bits per heavy atom. The Morgan fingerprint density at radius 1 is 1.26 bits per heavy atom. The first-order valence-electron chi connectivity index (χ1n) is 6.75. The van der Waals surface area contributed by atoms with Gasteiger partial charge in [0.2, 0.25) is 0 Å². The van der Waals surface area contributed by atoms with Crippen molar-refractivity contribution in [3.05, 3.63) is 29.3 Å². The first-order chi connectivity index (χ1) is 9.24. The lowest BCUT2D eigenvalue weighted by atomic mass is 9.97. The summed E-state index contributed by atoms with van der Waals surface area (Å²) in [5, 5.41) is 0. The molecule has 0 atom stereocenters. The fraction of sp³-hybridized carbons (Fsp3) is 0.467. The molecular weight excluding hydrogens is 240 g/mol. The van der Waals surface area contributed by atoms with Crippen molar-refractivity contribution in [2.75, 3.05) is 45.2 Å². The van der Waals surface area contributed by atoms with Gasteiger partial charge in [0.25, 0.3) is 0 Å². The maximum absolute atomic E-state index is 5.83. The molecule has 4 nitrogen and oxygen atoms in total. The smallest absolute Gasteiger partial charge is 0.129 e. The highest BCUT2D eigenvalue weighted by atomic mass is 16.5. The molecule has 1 saturated heterocycles. The van der Waals surface area contributed by atoms with E-state index in [0.29, 0.717) is 6.61 Å². The Balaban J connectivity index is 1.81. The summed E-state index contributed by atoms with van der Waals surface area (Å²) in [5.74, 6) is 0.906. The summed E-state index contributed by atoms with van der Waals surface area (Å²) in [6.45, 7) is 7.49. The number of rotatable bonds is 2. The number of allylic oxidation sites excluding steroid dienone is 1. The minimum absolute atomic E-state index is 0.666. The molecule has 1 aromatic rings. The average Bonchev–Trinajstić information content (AvgIpc) is 2.43. The van der Waals surface area contributed by atoms with E-state index in [1.165, 1.54) is 16.7 Å². The zero-order valence-electron chi connectivity index (χ0n) is 11.3. The van der Waals surface area contributed by atoms with Crippen molar-refractivity contribution in [3.8, 4) is 5.75 Å². The third-order valence-corrected chi connectivity index (χ3v) is 3.86. The van der Waals surface area contributed by atoms with Gasteiger partial charge in [-0.2, -0.15) is 0 Å². The van der Waals surface area contributed by atoms with Crippen molar-refractivity contribution in [2.45, 2.75) is 6.92 Å². The minimum atomic E-state index is 0.666. The largest absolute Gasteiger partial charge is 0.488 e. The molecule has 1 aromatic carbocycles. The fourth-order valence-corrected chi connectivity index (χ4v) is 2.63. The zero-order valence-corrected chi connectivity index (χ0v) is 11.3. The number of benzene rings is 1. The SMILES string of the molecule is CC1=C(CN2CCOCC2)COc2cc(N)ccc21.